The van der Waals surface area contributed by atoms with E-state index in [1.54, 1.807) is 17.2 Å². The summed E-state index contributed by atoms with van der Waals surface area (Å²) in [5.74, 6) is -0.298. The third-order valence-electron chi connectivity index (χ3n) is 2.66. The molecule has 0 aromatic heterocycles. The highest BCUT2D eigenvalue weighted by Gasteiger charge is 2.31. The van der Waals surface area contributed by atoms with Gasteiger partial charge in [-0.3, -0.25) is 10.0 Å². The van der Waals surface area contributed by atoms with E-state index in [-0.39, 0.29) is 5.91 Å². The number of carbonyl (C=O) groups excluding carboxylic acids is 1. The molecule has 1 amide bonds. The molecule has 0 aliphatic heterocycles. The van der Waals surface area contributed by atoms with Gasteiger partial charge in [0.05, 0.1) is 4.75 Å². The number of amides is 1. The van der Waals surface area contributed by atoms with Gasteiger partial charge in [-0.2, -0.15) is 0 Å². The summed E-state index contributed by atoms with van der Waals surface area (Å²) in [7, 11) is 0. The molecule has 0 saturated heterocycles. The minimum absolute atomic E-state index is 0.298. The summed E-state index contributed by atoms with van der Waals surface area (Å²) < 4.78 is -0.517. The average molecular weight is 217 g/mol. The van der Waals surface area contributed by atoms with Gasteiger partial charge in [0.1, 0.15) is 0 Å². The van der Waals surface area contributed by atoms with Crippen LogP contribution in [0.15, 0.2) is 0 Å². The summed E-state index contributed by atoms with van der Waals surface area (Å²) in [5, 5.41) is 9.17. The van der Waals surface area contributed by atoms with Crippen LogP contribution in [0.25, 0.3) is 0 Å². The van der Waals surface area contributed by atoms with Crippen LogP contribution >= 0.6 is 11.8 Å². The molecule has 4 heteroatoms. The predicted octanol–water partition coefficient (Wildman–Crippen LogP) is 2.34. The number of hydroxylamine groups is 1. The maximum Gasteiger partial charge on any atom is 0.258 e. The summed E-state index contributed by atoms with van der Waals surface area (Å²) in [5.41, 5.74) is 1.74. The normalized spacial score (nSPS) is 19.4. The van der Waals surface area contributed by atoms with E-state index < -0.39 is 4.75 Å². The zero-order valence-corrected chi connectivity index (χ0v) is 9.69. The standard InChI is InChI=1S/C10H19NO2S/c1-10(2,9(12)11-13)14-8-6-4-3-5-7-8/h8,13H,3-7H2,1-2H3,(H,11,12). The SMILES string of the molecule is CC(C)(SC1CCCCC1)C(=O)NO. The van der Waals surface area contributed by atoms with Gasteiger partial charge in [-0.25, -0.2) is 5.48 Å². The molecule has 1 aliphatic carbocycles. The molecule has 0 aromatic carbocycles. The van der Waals surface area contributed by atoms with Crippen molar-refractivity contribution in [1.82, 2.24) is 5.48 Å². The van der Waals surface area contributed by atoms with E-state index in [9.17, 15) is 4.79 Å². The molecule has 0 heterocycles. The molecule has 0 spiro atoms. The second-order valence-corrected chi connectivity index (χ2v) is 6.25. The van der Waals surface area contributed by atoms with Crippen molar-refractivity contribution in [2.45, 2.75) is 55.9 Å². The maximum absolute atomic E-state index is 11.3. The first-order chi connectivity index (χ1) is 6.56. The Morgan fingerprint density at radius 2 is 1.93 bits per heavy atom. The number of thioether (sulfide) groups is 1. The fourth-order valence-corrected chi connectivity index (χ4v) is 3.34. The summed E-state index contributed by atoms with van der Waals surface area (Å²) >= 11 is 1.68. The van der Waals surface area contributed by atoms with Gasteiger partial charge < -0.3 is 0 Å². The number of carbonyl (C=O) groups is 1. The Bertz CT molecular complexity index is 200. The largest absolute Gasteiger partial charge is 0.289 e. The summed E-state index contributed by atoms with van der Waals surface area (Å²) in [4.78, 5) is 11.3. The number of rotatable bonds is 3. The zero-order valence-electron chi connectivity index (χ0n) is 8.88. The third-order valence-corrected chi connectivity index (χ3v) is 4.24. The molecular weight excluding hydrogens is 198 g/mol. The molecule has 1 saturated carbocycles. The molecule has 0 atom stereocenters. The minimum Gasteiger partial charge on any atom is -0.289 e. The second kappa shape index (κ2) is 5.03. The van der Waals surface area contributed by atoms with Crippen LogP contribution in [-0.4, -0.2) is 21.1 Å². The predicted molar refractivity (Wildman–Crippen MR) is 58.5 cm³/mol. The van der Waals surface area contributed by atoms with E-state index in [1.807, 2.05) is 13.8 Å². The number of hydrogen-bond donors (Lipinski definition) is 2. The van der Waals surface area contributed by atoms with Crippen molar-refractivity contribution < 1.29 is 10.0 Å². The molecule has 1 fully saturated rings. The van der Waals surface area contributed by atoms with E-state index in [1.165, 1.54) is 32.1 Å². The first-order valence-electron chi connectivity index (χ1n) is 5.18. The Morgan fingerprint density at radius 1 is 1.36 bits per heavy atom. The molecule has 0 unspecified atom stereocenters. The van der Waals surface area contributed by atoms with Crippen LogP contribution in [0.1, 0.15) is 46.0 Å². The lowest BCUT2D eigenvalue weighted by Crippen LogP contribution is -2.39. The number of hydrogen-bond acceptors (Lipinski definition) is 3. The van der Waals surface area contributed by atoms with Gasteiger partial charge in [0.25, 0.3) is 5.91 Å². The van der Waals surface area contributed by atoms with Crippen molar-refractivity contribution in [2.75, 3.05) is 0 Å². The van der Waals surface area contributed by atoms with Crippen molar-refractivity contribution in [3.63, 3.8) is 0 Å². The van der Waals surface area contributed by atoms with E-state index in [4.69, 9.17) is 5.21 Å². The zero-order chi connectivity index (χ0) is 10.6. The Morgan fingerprint density at radius 3 is 2.43 bits per heavy atom. The molecule has 1 aliphatic rings. The molecule has 0 radical (unpaired) electrons. The van der Waals surface area contributed by atoms with Crippen LogP contribution in [0.3, 0.4) is 0 Å². The van der Waals surface area contributed by atoms with Gasteiger partial charge in [0.2, 0.25) is 0 Å². The fourth-order valence-electron chi connectivity index (χ4n) is 1.79. The minimum atomic E-state index is -0.517. The molecule has 0 bridgehead atoms. The quantitative estimate of drug-likeness (QED) is 0.563. The topological polar surface area (TPSA) is 49.3 Å². The summed E-state index contributed by atoms with van der Waals surface area (Å²) in [6.07, 6.45) is 6.27. The summed E-state index contributed by atoms with van der Waals surface area (Å²) in [6, 6.07) is 0. The number of nitrogens with one attached hydrogen (secondary N) is 1. The highest BCUT2D eigenvalue weighted by atomic mass is 32.2. The van der Waals surface area contributed by atoms with Crippen molar-refractivity contribution in [1.29, 1.82) is 0 Å². The molecular formula is C10H19NO2S. The Kier molecular flexibility index (Phi) is 4.26. The Hall–Kier alpha value is -0.220. The van der Waals surface area contributed by atoms with E-state index in [2.05, 4.69) is 0 Å². The van der Waals surface area contributed by atoms with Crippen LogP contribution in [0.4, 0.5) is 0 Å². The molecule has 1 rings (SSSR count). The van der Waals surface area contributed by atoms with Gasteiger partial charge in [0, 0.05) is 5.25 Å². The van der Waals surface area contributed by atoms with E-state index in [0.29, 0.717) is 5.25 Å². The maximum atomic E-state index is 11.3. The van der Waals surface area contributed by atoms with Crippen molar-refractivity contribution in [2.24, 2.45) is 0 Å². The molecule has 2 N–H and O–H groups in total. The van der Waals surface area contributed by atoms with Crippen LogP contribution < -0.4 is 5.48 Å². The third kappa shape index (κ3) is 3.17. The van der Waals surface area contributed by atoms with Crippen LogP contribution in [0, 0.1) is 0 Å². The smallest absolute Gasteiger partial charge is 0.258 e. The van der Waals surface area contributed by atoms with Gasteiger partial charge in [-0.05, 0) is 26.7 Å². The van der Waals surface area contributed by atoms with Crippen LogP contribution in [0.2, 0.25) is 0 Å². The lowest BCUT2D eigenvalue weighted by Gasteiger charge is -2.29. The van der Waals surface area contributed by atoms with Crippen LogP contribution in [-0.2, 0) is 4.79 Å². The second-order valence-electron chi connectivity index (χ2n) is 4.33. The first-order valence-corrected chi connectivity index (χ1v) is 6.06. The molecule has 82 valence electrons. The summed E-state index contributed by atoms with van der Waals surface area (Å²) in [6.45, 7) is 3.72. The van der Waals surface area contributed by atoms with Crippen LogP contribution in [0.5, 0.6) is 0 Å². The Labute approximate surface area is 89.6 Å². The first kappa shape index (κ1) is 11.9. The average Bonchev–Trinajstić information content (AvgIpc) is 2.17. The van der Waals surface area contributed by atoms with Gasteiger partial charge in [-0.15, -0.1) is 11.8 Å². The van der Waals surface area contributed by atoms with Crippen molar-refractivity contribution >= 4 is 17.7 Å². The van der Waals surface area contributed by atoms with E-state index in [0.717, 1.165) is 0 Å². The highest BCUT2D eigenvalue weighted by molar-refractivity contribution is 8.01. The van der Waals surface area contributed by atoms with Gasteiger partial charge in [-0.1, -0.05) is 19.3 Å². The molecule has 0 aromatic rings. The van der Waals surface area contributed by atoms with Crippen molar-refractivity contribution in [3.8, 4) is 0 Å². The van der Waals surface area contributed by atoms with Gasteiger partial charge in [0.15, 0.2) is 0 Å². The monoisotopic (exact) mass is 217 g/mol. The van der Waals surface area contributed by atoms with Crippen molar-refractivity contribution in [3.05, 3.63) is 0 Å². The Balaban J connectivity index is 2.44. The highest BCUT2D eigenvalue weighted by Crippen LogP contribution is 2.36. The lowest BCUT2D eigenvalue weighted by atomic mass is 10.0. The fraction of sp³-hybridized carbons (Fsp3) is 0.900. The van der Waals surface area contributed by atoms with Gasteiger partial charge >= 0.3 is 0 Å². The van der Waals surface area contributed by atoms with E-state index >= 15 is 0 Å². The molecule has 14 heavy (non-hydrogen) atoms. The lowest BCUT2D eigenvalue weighted by molar-refractivity contribution is -0.130. The molecule has 3 nitrogen and oxygen atoms in total.